The van der Waals surface area contributed by atoms with Gasteiger partial charge >= 0.3 is 5.97 Å². The predicted octanol–water partition coefficient (Wildman–Crippen LogP) is 1.69. The number of rotatable bonds is 6. The Hall–Kier alpha value is -1.95. The first-order valence-electron chi connectivity index (χ1n) is 5.47. The Morgan fingerprint density at radius 3 is 2.53 bits per heavy atom. The van der Waals surface area contributed by atoms with Crippen LogP contribution in [-0.4, -0.2) is 30.2 Å². The lowest BCUT2D eigenvalue weighted by Gasteiger charge is -2.18. The summed E-state index contributed by atoms with van der Waals surface area (Å²) < 4.78 is 10.4. The van der Waals surface area contributed by atoms with E-state index < -0.39 is 18.0 Å². The van der Waals surface area contributed by atoms with Gasteiger partial charge in [-0.3, -0.25) is 4.79 Å². The van der Waals surface area contributed by atoms with Crippen LogP contribution < -0.4 is 15.2 Å². The number of amides is 1. The van der Waals surface area contributed by atoms with E-state index in [0.29, 0.717) is 6.42 Å². The first-order valence-corrected chi connectivity index (χ1v) is 5.85. The summed E-state index contributed by atoms with van der Waals surface area (Å²) in [6.45, 7) is 1.72. The van der Waals surface area contributed by atoms with Gasteiger partial charge in [0.1, 0.15) is 0 Å². The van der Waals surface area contributed by atoms with E-state index in [2.05, 4.69) is 0 Å². The van der Waals surface area contributed by atoms with Crippen molar-refractivity contribution in [3.8, 4) is 11.5 Å². The zero-order valence-corrected chi connectivity index (χ0v) is 11.2. The number of carboxylic acid groups (broad SMARTS) is 1. The third-order valence-electron chi connectivity index (χ3n) is 2.42. The molecule has 0 saturated heterocycles. The van der Waals surface area contributed by atoms with Crippen molar-refractivity contribution in [2.24, 2.45) is 5.73 Å². The van der Waals surface area contributed by atoms with Crippen LogP contribution in [0.25, 0.3) is 0 Å². The van der Waals surface area contributed by atoms with E-state index in [-0.39, 0.29) is 22.1 Å². The number of primary amides is 1. The smallest absolute Gasteiger partial charge is 0.335 e. The predicted molar refractivity (Wildman–Crippen MR) is 68.9 cm³/mol. The second-order valence-electron chi connectivity index (χ2n) is 3.71. The topological polar surface area (TPSA) is 98.8 Å². The lowest BCUT2D eigenvalue weighted by atomic mass is 10.2. The van der Waals surface area contributed by atoms with Crippen LogP contribution in [0.15, 0.2) is 12.1 Å². The Labute approximate surface area is 115 Å². The molecule has 104 valence electrons. The highest BCUT2D eigenvalue weighted by molar-refractivity contribution is 6.32. The first-order chi connectivity index (χ1) is 8.90. The standard InChI is InChI=1S/C12H14ClNO5/c1-3-8(11(14)15)19-10-7(13)4-6(12(16)17)5-9(10)18-2/h4-5,8H,3H2,1-2H3,(H2,14,15)(H,16,17). The summed E-state index contributed by atoms with van der Waals surface area (Å²) in [7, 11) is 1.34. The number of halogens is 1. The van der Waals surface area contributed by atoms with Crippen molar-refractivity contribution in [1.82, 2.24) is 0 Å². The van der Waals surface area contributed by atoms with Crippen molar-refractivity contribution >= 4 is 23.5 Å². The monoisotopic (exact) mass is 287 g/mol. The van der Waals surface area contributed by atoms with Crippen LogP contribution in [0.1, 0.15) is 23.7 Å². The molecule has 0 radical (unpaired) electrons. The van der Waals surface area contributed by atoms with Crippen LogP contribution in [0.4, 0.5) is 0 Å². The fourth-order valence-electron chi connectivity index (χ4n) is 1.44. The molecule has 7 heteroatoms. The third kappa shape index (κ3) is 3.51. The molecule has 1 aromatic rings. The molecular weight excluding hydrogens is 274 g/mol. The Kier molecular flexibility index (Phi) is 5.00. The number of carbonyl (C=O) groups is 2. The molecule has 0 aliphatic carbocycles. The molecule has 1 amide bonds. The number of carbonyl (C=O) groups excluding carboxylic acids is 1. The Balaban J connectivity index is 3.20. The number of carboxylic acids is 1. The highest BCUT2D eigenvalue weighted by Crippen LogP contribution is 2.37. The molecule has 1 rings (SSSR count). The van der Waals surface area contributed by atoms with Gasteiger partial charge < -0.3 is 20.3 Å². The summed E-state index contributed by atoms with van der Waals surface area (Å²) in [6, 6.07) is 2.48. The molecule has 0 aliphatic heterocycles. The quantitative estimate of drug-likeness (QED) is 0.829. The SMILES string of the molecule is CCC(Oc1c(Cl)cc(C(=O)O)cc1OC)C(N)=O. The van der Waals surface area contributed by atoms with E-state index >= 15 is 0 Å². The van der Waals surface area contributed by atoms with Crippen molar-refractivity contribution in [3.63, 3.8) is 0 Å². The van der Waals surface area contributed by atoms with Crippen molar-refractivity contribution < 1.29 is 24.2 Å². The first kappa shape index (κ1) is 15.1. The molecular formula is C12H14ClNO5. The number of methoxy groups -OCH3 is 1. The van der Waals surface area contributed by atoms with Crippen molar-refractivity contribution in [1.29, 1.82) is 0 Å². The minimum absolute atomic E-state index is 0.0384. The minimum Gasteiger partial charge on any atom is -0.493 e. The zero-order chi connectivity index (χ0) is 14.6. The number of hydrogen-bond acceptors (Lipinski definition) is 4. The zero-order valence-electron chi connectivity index (χ0n) is 10.5. The molecule has 0 aliphatic rings. The minimum atomic E-state index is -1.14. The molecule has 19 heavy (non-hydrogen) atoms. The van der Waals surface area contributed by atoms with Crippen LogP contribution in [0.2, 0.25) is 5.02 Å². The summed E-state index contributed by atoms with van der Waals surface area (Å²) in [5.41, 5.74) is 5.13. The van der Waals surface area contributed by atoms with E-state index in [0.717, 1.165) is 0 Å². The summed E-state index contributed by atoms with van der Waals surface area (Å²) in [5.74, 6) is -1.55. The van der Waals surface area contributed by atoms with Gasteiger partial charge in [0.25, 0.3) is 5.91 Å². The highest BCUT2D eigenvalue weighted by atomic mass is 35.5. The van der Waals surface area contributed by atoms with Gasteiger partial charge in [-0.25, -0.2) is 4.79 Å². The van der Waals surface area contributed by atoms with Gasteiger partial charge in [0.05, 0.1) is 17.7 Å². The van der Waals surface area contributed by atoms with Gasteiger partial charge in [-0.15, -0.1) is 0 Å². The van der Waals surface area contributed by atoms with E-state index in [1.807, 2.05) is 0 Å². The van der Waals surface area contributed by atoms with Crippen LogP contribution in [0.5, 0.6) is 11.5 Å². The number of nitrogens with two attached hydrogens (primary N) is 1. The number of benzene rings is 1. The van der Waals surface area contributed by atoms with Gasteiger partial charge in [0.15, 0.2) is 17.6 Å². The molecule has 1 unspecified atom stereocenters. The van der Waals surface area contributed by atoms with Crippen molar-refractivity contribution in [2.45, 2.75) is 19.4 Å². The fraction of sp³-hybridized carbons (Fsp3) is 0.333. The molecule has 1 aromatic carbocycles. The maximum atomic E-state index is 11.1. The van der Waals surface area contributed by atoms with Gasteiger partial charge in [0, 0.05) is 0 Å². The molecule has 3 N–H and O–H groups in total. The number of ether oxygens (including phenoxy) is 2. The molecule has 0 fully saturated rings. The normalized spacial score (nSPS) is 11.7. The van der Waals surface area contributed by atoms with Gasteiger partial charge in [-0.05, 0) is 18.6 Å². The average Bonchev–Trinajstić information content (AvgIpc) is 2.35. The van der Waals surface area contributed by atoms with E-state index in [1.54, 1.807) is 6.92 Å². The van der Waals surface area contributed by atoms with Gasteiger partial charge in [-0.2, -0.15) is 0 Å². The fourth-order valence-corrected chi connectivity index (χ4v) is 1.70. The third-order valence-corrected chi connectivity index (χ3v) is 2.71. The molecule has 0 heterocycles. The Bertz CT molecular complexity index is 503. The number of aromatic carboxylic acids is 1. The van der Waals surface area contributed by atoms with E-state index in [9.17, 15) is 9.59 Å². The van der Waals surface area contributed by atoms with Gasteiger partial charge in [0.2, 0.25) is 0 Å². The lowest BCUT2D eigenvalue weighted by Crippen LogP contribution is -2.33. The highest BCUT2D eigenvalue weighted by Gasteiger charge is 2.21. The molecule has 0 aromatic heterocycles. The van der Waals surface area contributed by atoms with Crippen LogP contribution in [0.3, 0.4) is 0 Å². The largest absolute Gasteiger partial charge is 0.493 e. The summed E-state index contributed by atoms with van der Waals surface area (Å²) in [5, 5.41) is 8.95. The Morgan fingerprint density at radius 2 is 2.11 bits per heavy atom. The summed E-state index contributed by atoms with van der Waals surface area (Å²) in [6.07, 6.45) is -0.503. The maximum absolute atomic E-state index is 11.1. The average molecular weight is 288 g/mol. The van der Waals surface area contributed by atoms with Crippen LogP contribution in [0, 0.1) is 0 Å². The lowest BCUT2D eigenvalue weighted by molar-refractivity contribution is -0.124. The van der Waals surface area contributed by atoms with E-state index in [4.69, 9.17) is 31.9 Å². The summed E-state index contributed by atoms with van der Waals surface area (Å²) in [4.78, 5) is 22.0. The summed E-state index contributed by atoms with van der Waals surface area (Å²) >= 11 is 5.94. The van der Waals surface area contributed by atoms with Crippen molar-refractivity contribution in [2.75, 3.05) is 7.11 Å². The van der Waals surface area contributed by atoms with Crippen LogP contribution >= 0.6 is 11.6 Å². The molecule has 0 spiro atoms. The Morgan fingerprint density at radius 1 is 1.47 bits per heavy atom. The second kappa shape index (κ2) is 6.29. The van der Waals surface area contributed by atoms with E-state index in [1.165, 1.54) is 19.2 Å². The molecule has 0 saturated carbocycles. The van der Waals surface area contributed by atoms with Crippen LogP contribution in [-0.2, 0) is 4.79 Å². The second-order valence-corrected chi connectivity index (χ2v) is 4.12. The maximum Gasteiger partial charge on any atom is 0.335 e. The van der Waals surface area contributed by atoms with Crippen molar-refractivity contribution in [3.05, 3.63) is 22.7 Å². The number of hydrogen-bond donors (Lipinski definition) is 2. The molecule has 6 nitrogen and oxygen atoms in total. The molecule has 1 atom stereocenters. The molecule has 0 bridgehead atoms. The van der Waals surface area contributed by atoms with Gasteiger partial charge in [-0.1, -0.05) is 18.5 Å².